The molecule has 1 amide bonds. The predicted molar refractivity (Wildman–Crippen MR) is 64.9 cm³/mol. The standard InChI is InChI=1S/C12H20N2O3/c1-3-11-10(4-8-17-11)12(15)14(6-5-13)7-9-16-2/h4,8H,3,5-7,9,13H2,1-2H3. The maximum absolute atomic E-state index is 12.2. The lowest BCUT2D eigenvalue weighted by molar-refractivity contribution is 0.0699. The fraction of sp³-hybridized carbons (Fsp3) is 0.583. The van der Waals surface area contributed by atoms with Crippen LogP contribution in [0.25, 0.3) is 0 Å². The number of rotatable bonds is 7. The van der Waals surface area contributed by atoms with Crippen LogP contribution in [-0.2, 0) is 11.2 Å². The first-order valence-corrected chi connectivity index (χ1v) is 5.79. The van der Waals surface area contributed by atoms with Gasteiger partial charge in [0.05, 0.1) is 18.4 Å². The van der Waals surface area contributed by atoms with E-state index in [0.29, 0.717) is 38.2 Å². The van der Waals surface area contributed by atoms with Crippen LogP contribution in [0.3, 0.4) is 0 Å². The molecule has 0 aliphatic heterocycles. The van der Waals surface area contributed by atoms with Gasteiger partial charge in [-0.25, -0.2) is 0 Å². The first kappa shape index (κ1) is 13.7. The van der Waals surface area contributed by atoms with Crippen LogP contribution in [0.5, 0.6) is 0 Å². The lowest BCUT2D eigenvalue weighted by Crippen LogP contribution is -2.37. The molecule has 0 aromatic carbocycles. The van der Waals surface area contributed by atoms with Crippen molar-refractivity contribution in [3.63, 3.8) is 0 Å². The van der Waals surface area contributed by atoms with E-state index in [-0.39, 0.29) is 5.91 Å². The second kappa shape index (κ2) is 7.09. The summed E-state index contributed by atoms with van der Waals surface area (Å²) in [6.07, 6.45) is 2.25. The number of carbonyl (C=O) groups excluding carboxylic acids is 1. The zero-order chi connectivity index (χ0) is 12.7. The highest BCUT2D eigenvalue weighted by molar-refractivity contribution is 5.95. The minimum atomic E-state index is -0.0434. The highest BCUT2D eigenvalue weighted by Crippen LogP contribution is 2.13. The Kier molecular flexibility index (Phi) is 5.72. The summed E-state index contributed by atoms with van der Waals surface area (Å²) >= 11 is 0. The molecule has 17 heavy (non-hydrogen) atoms. The van der Waals surface area contributed by atoms with Crippen LogP contribution in [0.1, 0.15) is 23.0 Å². The maximum Gasteiger partial charge on any atom is 0.257 e. The van der Waals surface area contributed by atoms with E-state index < -0.39 is 0 Å². The SMILES string of the molecule is CCc1occc1C(=O)N(CCN)CCOC. The lowest BCUT2D eigenvalue weighted by Gasteiger charge is -2.21. The number of nitrogens with two attached hydrogens (primary N) is 1. The van der Waals surface area contributed by atoms with E-state index in [2.05, 4.69) is 0 Å². The Hall–Kier alpha value is -1.33. The molecule has 1 rings (SSSR count). The van der Waals surface area contributed by atoms with Crippen LogP contribution < -0.4 is 5.73 Å². The van der Waals surface area contributed by atoms with E-state index in [1.165, 1.54) is 0 Å². The van der Waals surface area contributed by atoms with E-state index in [0.717, 1.165) is 5.76 Å². The molecule has 0 saturated heterocycles. The number of ether oxygens (including phenoxy) is 1. The highest BCUT2D eigenvalue weighted by Gasteiger charge is 2.19. The van der Waals surface area contributed by atoms with Gasteiger partial charge in [-0.05, 0) is 6.07 Å². The van der Waals surface area contributed by atoms with Crippen molar-refractivity contribution in [2.24, 2.45) is 5.73 Å². The molecular formula is C12H20N2O3. The van der Waals surface area contributed by atoms with Gasteiger partial charge in [-0.15, -0.1) is 0 Å². The topological polar surface area (TPSA) is 68.7 Å². The molecule has 96 valence electrons. The number of hydrogen-bond acceptors (Lipinski definition) is 4. The molecule has 0 atom stereocenters. The molecule has 0 fully saturated rings. The summed E-state index contributed by atoms with van der Waals surface area (Å²) in [5.74, 6) is 0.674. The average molecular weight is 240 g/mol. The minimum Gasteiger partial charge on any atom is -0.469 e. The van der Waals surface area contributed by atoms with Crippen LogP contribution in [0, 0.1) is 0 Å². The fourth-order valence-corrected chi connectivity index (χ4v) is 1.65. The molecule has 0 bridgehead atoms. The molecule has 0 spiro atoms. The summed E-state index contributed by atoms with van der Waals surface area (Å²) in [4.78, 5) is 13.9. The van der Waals surface area contributed by atoms with Crippen molar-refractivity contribution in [3.05, 3.63) is 23.7 Å². The van der Waals surface area contributed by atoms with Gasteiger partial charge in [0.15, 0.2) is 0 Å². The number of aryl methyl sites for hydroxylation is 1. The summed E-state index contributed by atoms with van der Waals surface area (Å²) in [7, 11) is 1.61. The summed E-state index contributed by atoms with van der Waals surface area (Å²) < 4.78 is 10.2. The molecule has 2 N–H and O–H groups in total. The van der Waals surface area contributed by atoms with Crippen molar-refractivity contribution in [2.45, 2.75) is 13.3 Å². The summed E-state index contributed by atoms with van der Waals surface area (Å²) in [5.41, 5.74) is 6.13. The molecule has 0 unspecified atom stereocenters. The average Bonchev–Trinajstić information content (AvgIpc) is 2.81. The summed E-state index contributed by atoms with van der Waals surface area (Å²) in [6.45, 7) is 3.97. The van der Waals surface area contributed by atoms with Gasteiger partial charge in [-0.2, -0.15) is 0 Å². The van der Waals surface area contributed by atoms with Crippen molar-refractivity contribution in [1.82, 2.24) is 4.90 Å². The predicted octanol–water partition coefficient (Wildman–Crippen LogP) is 0.889. The monoisotopic (exact) mass is 240 g/mol. The van der Waals surface area contributed by atoms with Gasteiger partial charge < -0.3 is 19.8 Å². The Morgan fingerprint density at radius 2 is 2.29 bits per heavy atom. The third-order valence-corrected chi connectivity index (χ3v) is 2.55. The van der Waals surface area contributed by atoms with E-state index in [4.69, 9.17) is 14.9 Å². The van der Waals surface area contributed by atoms with Crippen molar-refractivity contribution < 1.29 is 13.9 Å². The number of nitrogens with zero attached hydrogens (tertiary/aromatic N) is 1. The van der Waals surface area contributed by atoms with Gasteiger partial charge in [0.25, 0.3) is 5.91 Å². The molecule has 5 heteroatoms. The van der Waals surface area contributed by atoms with Gasteiger partial charge in [0, 0.05) is 33.2 Å². The van der Waals surface area contributed by atoms with E-state index in [1.54, 1.807) is 24.3 Å². The Bertz CT molecular complexity index is 349. The Balaban J connectivity index is 2.76. The zero-order valence-electron chi connectivity index (χ0n) is 10.4. The maximum atomic E-state index is 12.2. The molecular weight excluding hydrogens is 220 g/mol. The number of furan rings is 1. The van der Waals surface area contributed by atoms with E-state index in [9.17, 15) is 4.79 Å². The van der Waals surface area contributed by atoms with Crippen molar-refractivity contribution >= 4 is 5.91 Å². The molecule has 0 saturated carbocycles. The smallest absolute Gasteiger partial charge is 0.257 e. The van der Waals surface area contributed by atoms with E-state index in [1.807, 2.05) is 6.92 Å². The Labute approximate surface area is 102 Å². The van der Waals surface area contributed by atoms with Gasteiger partial charge in [-0.3, -0.25) is 4.79 Å². The number of carbonyl (C=O) groups is 1. The summed E-state index contributed by atoms with van der Waals surface area (Å²) in [6, 6.07) is 1.71. The van der Waals surface area contributed by atoms with Crippen LogP contribution in [0.2, 0.25) is 0 Å². The van der Waals surface area contributed by atoms with E-state index >= 15 is 0 Å². The highest BCUT2D eigenvalue weighted by atomic mass is 16.5. The minimum absolute atomic E-state index is 0.0434. The second-order valence-electron chi connectivity index (χ2n) is 3.68. The molecule has 0 aliphatic carbocycles. The number of hydrogen-bond donors (Lipinski definition) is 1. The number of methoxy groups -OCH3 is 1. The van der Waals surface area contributed by atoms with Gasteiger partial charge in [-0.1, -0.05) is 6.92 Å². The summed E-state index contributed by atoms with van der Waals surface area (Å²) in [5, 5.41) is 0. The molecule has 0 radical (unpaired) electrons. The van der Waals surface area contributed by atoms with Crippen LogP contribution >= 0.6 is 0 Å². The fourth-order valence-electron chi connectivity index (χ4n) is 1.65. The molecule has 1 heterocycles. The first-order valence-electron chi connectivity index (χ1n) is 5.79. The Morgan fingerprint density at radius 3 is 2.88 bits per heavy atom. The largest absolute Gasteiger partial charge is 0.469 e. The van der Waals surface area contributed by atoms with Crippen LogP contribution in [-0.4, -0.2) is 44.2 Å². The third-order valence-electron chi connectivity index (χ3n) is 2.55. The van der Waals surface area contributed by atoms with Crippen molar-refractivity contribution in [1.29, 1.82) is 0 Å². The van der Waals surface area contributed by atoms with Crippen LogP contribution in [0.4, 0.5) is 0 Å². The Morgan fingerprint density at radius 1 is 1.53 bits per heavy atom. The van der Waals surface area contributed by atoms with Crippen molar-refractivity contribution in [3.8, 4) is 0 Å². The second-order valence-corrected chi connectivity index (χ2v) is 3.68. The van der Waals surface area contributed by atoms with Gasteiger partial charge >= 0.3 is 0 Å². The molecule has 5 nitrogen and oxygen atoms in total. The molecule has 1 aromatic heterocycles. The van der Waals surface area contributed by atoms with Gasteiger partial charge in [0.2, 0.25) is 0 Å². The number of amides is 1. The quantitative estimate of drug-likeness (QED) is 0.768. The first-order chi connectivity index (χ1) is 8.24. The third kappa shape index (κ3) is 3.57. The molecule has 0 aliphatic rings. The van der Waals surface area contributed by atoms with Crippen LogP contribution in [0.15, 0.2) is 16.7 Å². The normalized spacial score (nSPS) is 10.5. The zero-order valence-corrected chi connectivity index (χ0v) is 10.4. The van der Waals surface area contributed by atoms with Crippen molar-refractivity contribution in [2.75, 3.05) is 33.4 Å². The molecule has 1 aromatic rings. The van der Waals surface area contributed by atoms with Gasteiger partial charge in [0.1, 0.15) is 5.76 Å². The lowest BCUT2D eigenvalue weighted by atomic mass is 10.2.